The number of carbonyl (C=O) groups is 2. The van der Waals surface area contributed by atoms with E-state index < -0.39 is 17.7 Å². The summed E-state index contributed by atoms with van der Waals surface area (Å²) in [4.78, 5) is 32.6. The molecule has 0 unspecified atom stereocenters. The molecule has 37 heavy (non-hydrogen) atoms. The van der Waals surface area contributed by atoms with Crippen molar-refractivity contribution in [2.75, 3.05) is 6.61 Å². The van der Waals surface area contributed by atoms with Crippen molar-refractivity contribution < 1.29 is 32.2 Å². The summed E-state index contributed by atoms with van der Waals surface area (Å²) in [6.45, 7) is 6.93. The first-order valence-electron chi connectivity index (χ1n) is 11.7. The molecule has 2 aromatic heterocycles. The van der Waals surface area contributed by atoms with Crippen LogP contribution in [0.25, 0.3) is 33.3 Å². The molecule has 1 N–H and O–H groups in total. The molecule has 4 rings (SSSR count). The van der Waals surface area contributed by atoms with Crippen molar-refractivity contribution in [2.45, 2.75) is 40.0 Å². The predicted molar refractivity (Wildman–Crippen MR) is 134 cm³/mol. The number of nitrogens with one attached hydrogen (secondary N) is 1. The van der Waals surface area contributed by atoms with Gasteiger partial charge in [0, 0.05) is 28.2 Å². The number of ketones is 1. The Kier molecular flexibility index (Phi) is 7.07. The standard InChI is InChI=1S/C28H25F3N2O4/c1-5-36-27(35)26-23(16(4)34)25-22(33-26)13-11-20(21-12-8-18(14-32-21)28(29,30)31)24(25)17-6-9-19(10-7-17)37-15(2)3/h6-15,33H,5H2,1-4H3. The van der Waals surface area contributed by atoms with E-state index in [9.17, 15) is 22.8 Å². The maximum Gasteiger partial charge on any atom is 0.417 e. The Bertz CT molecular complexity index is 1450. The van der Waals surface area contributed by atoms with Crippen molar-refractivity contribution in [3.05, 3.63) is 71.5 Å². The minimum Gasteiger partial charge on any atom is -0.491 e. The van der Waals surface area contributed by atoms with Crippen molar-refractivity contribution in [1.29, 1.82) is 0 Å². The van der Waals surface area contributed by atoms with E-state index in [0.717, 1.165) is 12.3 Å². The third-order valence-electron chi connectivity index (χ3n) is 5.68. The summed E-state index contributed by atoms with van der Waals surface area (Å²) in [5.74, 6) is -0.411. The van der Waals surface area contributed by atoms with E-state index in [1.807, 2.05) is 13.8 Å². The van der Waals surface area contributed by atoms with E-state index >= 15 is 0 Å². The van der Waals surface area contributed by atoms with E-state index in [0.29, 0.717) is 33.3 Å². The molecule has 0 spiro atoms. The minimum atomic E-state index is -4.53. The Morgan fingerprint density at radius 3 is 2.27 bits per heavy atom. The van der Waals surface area contributed by atoms with Crippen LogP contribution in [0.2, 0.25) is 0 Å². The lowest BCUT2D eigenvalue weighted by molar-refractivity contribution is -0.137. The van der Waals surface area contributed by atoms with Crippen LogP contribution in [0.1, 0.15) is 54.1 Å². The van der Waals surface area contributed by atoms with Crippen LogP contribution in [0.5, 0.6) is 5.75 Å². The van der Waals surface area contributed by atoms with Crippen molar-refractivity contribution in [2.24, 2.45) is 0 Å². The van der Waals surface area contributed by atoms with Gasteiger partial charge in [-0.25, -0.2) is 4.79 Å². The highest BCUT2D eigenvalue weighted by atomic mass is 19.4. The number of halogens is 3. The third-order valence-corrected chi connectivity index (χ3v) is 5.68. The molecular formula is C28H25F3N2O4. The number of hydrogen-bond donors (Lipinski definition) is 1. The predicted octanol–water partition coefficient (Wildman–Crippen LogP) is 7.08. The van der Waals surface area contributed by atoms with Gasteiger partial charge in [0.2, 0.25) is 0 Å². The van der Waals surface area contributed by atoms with Gasteiger partial charge in [-0.1, -0.05) is 18.2 Å². The lowest BCUT2D eigenvalue weighted by atomic mass is 9.90. The van der Waals surface area contributed by atoms with Gasteiger partial charge < -0.3 is 14.5 Å². The summed E-state index contributed by atoms with van der Waals surface area (Å²) in [5.41, 5.74) is 1.76. The first-order valence-corrected chi connectivity index (χ1v) is 11.7. The molecule has 0 radical (unpaired) electrons. The highest BCUT2D eigenvalue weighted by Crippen LogP contribution is 2.41. The smallest absolute Gasteiger partial charge is 0.417 e. The number of benzene rings is 2. The topological polar surface area (TPSA) is 81.3 Å². The number of alkyl halides is 3. The van der Waals surface area contributed by atoms with Crippen molar-refractivity contribution in [3.8, 4) is 28.1 Å². The summed E-state index contributed by atoms with van der Waals surface area (Å²) >= 11 is 0. The number of aromatic nitrogens is 2. The van der Waals surface area contributed by atoms with E-state index in [-0.39, 0.29) is 35.4 Å². The van der Waals surface area contributed by atoms with Gasteiger partial charge >= 0.3 is 12.1 Å². The number of hydrogen-bond acceptors (Lipinski definition) is 5. The molecule has 0 saturated carbocycles. The first-order chi connectivity index (χ1) is 17.5. The van der Waals surface area contributed by atoms with Crippen LogP contribution < -0.4 is 4.74 Å². The number of aromatic amines is 1. The molecule has 192 valence electrons. The molecular weight excluding hydrogens is 485 g/mol. The van der Waals surface area contributed by atoms with Gasteiger partial charge in [-0.05, 0) is 63.6 Å². The monoisotopic (exact) mass is 510 g/mol. The van der Waals surface area contributed by atoms with E-state index in [2.05, 4.69) is 9.97 Å². The Balaban J connectivity index is 2.02. The van der Waals surface area contributed by atoms with Gasteiger partial charge in [0.25, 0.3) is 0 Å². The number of H-pyrrole nitrogens is 1. The zero-order valence-corrected chi connectivity index (χ0v) is 20.7. The summed E-state index contributed by atoms with van der Waals surface area (Å²) in [6.07, 6.45) is -3.79. The molecule has 9 heteroatoms. The van der Waals surface area contributed by atoms with Crippen LogP contribution in [-0.2, 0) is 10.9 Å². The highest BCUT2D eigenvalue weighted by Gasteiger charge is 2.31. The molecule has 4 aromatic rings. The SMILES string of the molecule is CCOC(=O)c1[nH]c2ccc(-c3ccc(C(F)(F)F)cn3)c(-c3ccc(OC(C)C)cc3)c2c1C(C)=O. The molecule has 2 aromatic carbocycles. The Morgan fingerprint density at radius 1 is 1.03 bits per heavy atom. The minimum absolute atomic E-state index is 0.0166. The average Bonchev–Trinajstić information content (AvgIpc) is 3.24. The zero-order chi connectivity index (χ0) is 26.9. The first kappa shape index (κ1) is 25.9. The molecule has 0 aliphatic rings. The maximum absolute atomic E-state index is 13.1. The average molecular weight is 511 g/mol. The quantitative estimate of drug-likeness (QED) is 0.212. The maximum atomic E-state index is 13.1. The lowest BCUT2D eigenvalue weighted by Gasteiger charge is -2.15. The van der Waals surface area contributed by atoms with E-state index in [1.165, 1.54) is 13.0 Å². The Morgan fingerprint density at radius 2 is 1.73 bits per heavy atom. The number of nitrogens with zero attached hydrogens (tertiary/aromatic N) is 1. The Labute approximate surface area is 211 Å². The molecule has 0 bridgehead atoms. The van der Waals surface area contributed by atoms with Gasteiger partial charge in [0.05, 0.1) is 29.5 Å². The normalized spacial score (nSPS) is 11.7. The number of carbonyl (C=O) groups excluding carboxylic acids is 2. The van der Waals surface area contributed by atoms with E-state index in [4.69, 9.17) is 9.47 Å². The van der Waals surface area contributed by atoms with Crippen LogP contribution in [-0.4, -0.2) is 34.4 Å². The van der Waals surface area contributed by atoms with Gasteiger partial charge in [-0.3, -0.25) is 9.78 Å². The third kappa shape index (κ3) is 5.21. The molecule has 0 fully saturated rings. The summed E-state index contributed by atoms with van der Waals surface area (Å²) in [5, 5.41) is 0.451. The van der Waals surface area contributed by atoms with Crippen LogP contribution in [0, 0.1) is 0 Å². The zero-order valence-electron chi connectivity index (χ0n) is 20.7. The highest BCUT2D eigenvalue weighted by molar-refractivity contribution is 6.19. The molecule has 0 amide bonds. The fourth-order valence-electron chi connectivity index (χ4n) is 4.20. The molecule has 6 nitrogen and oxygen atoms in total. The van der Waals surface area contributed by atoms with Gasteiger partial charge in [-0.2, -0.15) is 13.2 Å². The lowest BCUT2D eigenvalue weighted by Crippen LogP contribution is -2.10. The van der Waals surface area contributed by atoms with Gasteiger partial charge in [0.1, 0.15) is 11.4 Å². The number of pyridine rings is 1. The summed E-state index contributed by atoms with van der Waals surface area (Å²) in [7, 11) is 0. The second kappa shape index (κ2) is 10.1. The molecule has 0 atom stereocenters. The van der Waals surface area contributed by atoms with Crippen molar-refractivity contribution in [3.63, 3.8) is 0 Å². The number of fused-ring (bicyclic) bond motifs is 1. The number of ether oxygens (including phenoxy) is 2. The fraction of sp³-hybridized carbons (Fsp3) is 0.250. The number of rotatable bonds is 7. The fourth-order valence-corrected chi connectivity index (χ4v) is 4.20. The molecule has 0 aliphatic carbocycles. The van der Waals surface area contributed by atoms with E-state index in [1.54, 1.807) is 43.3 Å². The number of esters is 1. The summed E-state index contributed by atoms with van der Waals surface area (Å²) < 4.78 is 50.3. The largest absolute Gasteiger partial charge is 0.491 e. The van der Waals surface area contributed by atoms with Crippen LogP contribution >= 0.6 is 0 Å². The molecule has 0 saturated heterocycles. The van der Waals surface area contributed by atoms with Gasteiger partial charge in [0.15, 0.2) is 5.78 Å². The second-order valence-corrected chi connectivity index (χ2v) is 8.68. The number of Topliss-reactive ketones (excluding diaryl/α,β-unsaturated/α-hetero) is 1. The molecule has 2 heterocycles. The van der Waals surface area contributed by atoms with Gasteiger partial charge in [-0.15, -0.1) is 0 Å². The summed E-state index contributed by atoms with van der Waals surface area (Å²) in [6, 6.07) is 12.7. The van der Waals surface area contributed by atoms with Crippen LogP contribution in [0.4, 0.5) is 13.2 Å². The van der Waals surface area contributed by atoms with Crippen LogP contribution in [0.3, 0.4) is 0 Å². The van der Waals surface area contributed by atoms with Crippen molar-refractivity contribution >= 4 is 22.7 Å². The van der Waals surface area contributed by atoms with Crippen molar-refractivity contribution in [1.82, 2.24) is 9.97 Å². The second-order valence-electron chi connectivity index (χ2n) is 8.68. The Hall–Kier alpha value is -4.14. The van der Waals surface area contributed by atoms with Crippen LogP contribution in [0.15, 0.2) is 54.7 Å². The molecule has 0 aliphatic heterocycles.